The summed E-state index contributed by atoms with van der Waals surface area (Å²) in [6.07, 6.45) is 1.52. The summed E-state index contributed by atoms with van der Waals surface area (Å²) in [6, 6.07) is 23.8. The number of nitrogens with zero attached hydrogens (tertiary/aromatic N) is 1. The van der Waals surface area contributed by atoms with Crippen molar-refractivity contribution >= 4 is 35.2 Å². The first-order valence-corrected chi connectivity index (χ1v) is 9.38. The van der Waals surface area contributed by atoms with E-state index in [0.29, 0.717) is 28.6 Å². The van der Waals surface area contributed by atoms with E-state index in [2.05, 4.69) is 5.43 Å². The van der Waals surface area contributed by atoms with Crippen LogP contribution in [0.3, 0.4) is 0 Å². The summed E-state index contributed by atoms with van der Waals surface area (Å²) in [5.74, 6) is -0.341. The molecule has 1 heterocycles. The molecule has 144 valence electrons. The number of para-hydroxylation sites is 1. The fourth-order valence-corrected chi connectivity index (χ4v) is 3.19. The van der Waals surface area contributed by atoms with Crippen molar-refractivity contribution < 1.29 is 14.3 Å². The standard InChI is InChI=1S/C23H17ClN2O3/c24-20-14-17(11-12-21(20)29-15-16-7-3-1-4-8-16)13-19-22(27)25-26(23(19)28)18-9-5-2-6-10-18/h1-14H,15H2,(H,25,27). The van der Waals surface area contributed by atoms with Crippen molar-refractivity contribution in [1.82, 2.24) is 5.43 Å². The van der Waals surface area contributed by atoms with Gasteiger partial charge < -0.3 is 4.74 Å². The number of hydrogen-bond donors (Lipinski definition) is 1. The van der Waals surface area contributed by atoms with Gasteiger partial charge in [0.15, 0.2) is 0 Å². The fourth-order valence-electron chi connectivity index (χ4n) is 2.94. The van der Waals surface area contributed by atoms with Crippen molar-refractivity contribution in [2.24, 2.45) is 0 Å². The van der Waals surface area contributed by atoms with E-state index in [1.165, 1.54) is 11.1 Å². The average Bonchev–Trinajstić information content (AvgIpc) is 3.03. The Morgan fingerprint density at radius 1 is 0.931 bits per heavy atom. The van der Waals surface area contributed by atoms with Gasteiger partial charge in [-0.1, -0.05) is 66.2 Å². The maximum Gasteiger partial charge on any atom is 0.282 e. The van der Waals surface area contributed by atoms with Crippen LogP contribution in [0.4, 0.5) is 5.69 Å². The number of hydrazine groups is 1. The molecule has 1 fully saturated rings. The van der Waals surface area contributed by atoms with Crippen LogP contribution in [0.25, 0.3) is 6.08 Å². The Morgan fingerprint density at radius 2 is 1.62 bits per heavy atom. The zero-order valence-electron chi connectivity index (χ0n) is 15.3. The monoisotopic (exact) mass is 404 g/mol. The minimum atomic E-state index is -0.459. The van der Waals surface area contributed by atoms with Gasteiger partial charge in [0, 0.05) is 0 Å². The molecule has 0 aromatic heterocycles. The number of ether oxygens (including phenoxy) is 1. The normalized spacial score (nSPS) is 14.9. The molecule has 6 heteroatoms. The number of halogens is 1. The molecule has 0 spiro atoms. The van der Waals surface area contributed by atoms with Crippen LogP contribution < -0.4 is 15.2 Å². The minimum Gasteiger partial charge on any atom is -0.487 e. The van der Waals surface area contributed by atoms with Gasteiger partial charge in [0.25, 0.3) is 11.8 Å². The molecule has 0 unspecified atom stereocenters. The molecule has 0 aliphatic carbocycles. The van der Waals surface area contributed by atoms with Crippen LogP contribution in [0, 0.1) is 0 Å². The number of amides is 2. The number of benzene rings is 3. The third kappa shape index (κ3) is 4.15. The second kappa shape index (κ2) is 8.20. The molecule has 1 aliphatic rings. The van der Waals surface area contributed by atoms with Crippen LogP contribution in [0.2, 0.25) is 5.02 Å². The van der Waals surface area contributed by atoms with Gasteiger partial charge in [0.2, 0.25) is 0 Å². The third-order valence-corrected chi connectivity index (χ3v) is 4.71. The summed E-state index contributed by atoms with van der Waals surface area (Å²) in [6.45, 7) is 0.397. The lowest BCUT2D eigenvalue weighted by Gasteiger charge is -2.13. The molecule has 0 bridgehead atoms. The van der Waals surface area contributed by atoms with Gasteiger partial charge in [-0.2, -0.15) is 0 Å². The Kier molecular flexibility index (Phi) is 5.31. The van der Waals surface area contributed by atoms with E-state index >= 15 is 0 Å². The van der Waals surface area contributed by atoms with E-state index in [1.807, 2.05) is 36.4 Å². The van der Waals surface area contributed by atoms with E-state index in [-0.39, 0.29) is 5.57 Å². The summed E-state index contributed by atoms with van der Waals surface area (Å²) in [5.41, 5.74) is 4.88. The molecular formula is C23H17ClN2O3. The Bertz CT molecular complexity index is 1080. The van der Waals surface area contributed by atoms with Crippen LogP contribution in [0.5, 0.6) is 5.75 Å². The maximum absolute atomic E-state index is 12.6. The molecule has 5 nitrogen and oxygen atoms in total. The summed E-state index contributed by atoms with van der Waals surface area (Å²) < 4.78 is 5.76. The second-order valence-corrected chi connectivity index (χ2v) is 6.85. The molecule has 3 aromatic carbocycles. The largest absolute Gasteiger partial charge is 0.487 e. The van der Waals surface area contributed by atoms with Gasteiger partial charge in [0.1, 0.15) is 17.9 Å². The summed E-state index contributed by atoms with van der Waals surface area (Å²) in [4.78, 5) is 24.9. The smallest absolute Gasteiger partial charge is 0.282 e. The van der Waals surface area contributed by atoms with Crippen LogP contribution in [0.15, 0.2) is 84.4 Å². The van der Waals surface area contributed by atoms with E-state index < -0.39 is 11.8 Å². The molecule has 0 radical (unpaired) electrons. The highest BCUT2D eigenvalue weighted by Gasteiger charge is 2.34. The van der Waals surface area contributed by atoms with Crippen molar-refractivity contribution in [1.29, 1.82) is 0 Å². The Morgan fingerprint density at radius 3 is 2.31 bits per heavy atom. The number of rotatable bonds is 5. The zero-order chi connectivity index (χ0) is 20.2. The van der Waals surface area contributed by atoms with E-state index in [4.69, 9.17) is 16.3 Å². The van der Waals surface area contributed by atoms with Crippen LogP contribution in [-0.4, -0.2) is 11.8 Å². The second-order valence-electron chi connectivity index (χ2n) is 6.44. The number of nitrogens with one attached hydrogen (secondary N) is 1. The van der Waals surface area contributed by atoms with E-state index in [0.717, 1.165) is 5.56 Å². The zero-order valence-corrected chi connectivity index (χ0v) is 16.1. The fraction of sp³-hybridized carbons (Fsp3) is 0.0435. The highest BCUT2D eigenvalue weighted by Crippen LogP contribution is 2.28. The Hall–Kier alpha value is -3.57. The number of anilines is 1. The van der Waals surface area contributed by atoms with E-state index in [1.54, 1.807) is 42.5 Å². The highest BCUT2D eigenvalue weighted by molar-refractivity contribution is 6.33. The predicted octanol–water partition coefficient (Wildman–Crippen LogP) is 4.38. The van der Waals surface area contributed by atoms with Crippen molar-refractivity contribution in [2.75, 3.05) is 5.01 Å². The van der Waals surface area contributed by atoms with Crippen LogP contribution in [0.1, 0.15) is 11.1 Å². The van der Waals surface area contributed by atoms with Crippen molar-refractivity contribution in [3.63, 3.8) is 0 Å². The molecule has 29 heavy (non-hydrogen) atoms. The Labute approximate surface area is 173 Å². The molecule has 4 rings (SSSR count). The first kappa shape index (κ1) is 18.8. The summed E-state index contributed by atoms with van der Waals surface area (Å²) in [7, 11) is 0. The van der Waals surface area contributed by atoms with E-state index in [9.17, 15) is 9.59 Å². The number of carbonyl (C=O) groups excluding carboxylic acids is 2. The van der Waals surface area contributed by atoms with Gasteiger partial charge in [-0.05, 0) is 41.5 Å². The molecule has 0 saturated carbocycles. The minimum absolute atomic E-state index is 0.0443. The number of carbonyl (C=O) groups is 2. The molecule has 1 aliphatic heterocycles. The van der Waals surface area contributed by atoms with Crippen molar-refractivity contribution in [3.8, 4) is 5.75 Å². The third-order valence-electron chi connectivity index (χ3n) is 4.41. The van der Waals surface area contributed by atoms with Gasteiger partial charge in [0.05, 0.1) is 10.7 Å². The quantitative estimate of drug-likeness (QED) is 0.507. The van der Waals surface area contributed by atoms with Gasteiger partial charge in [-0.25, -0.2) is 5.01 Å². The number of hydrogen-bond acceptors (Lipinski definition) is 3. The van der Waals surface area contributed by atoms with Crippen molar-refractivity contribution in [3.05, 3.63) is 101 Å². The Balaban J connectivity index is 1.51. The molecule has 1 N–H and O–H groups in total. The summed E-state index contributed by atoms with van der Waals surface area (Å²) in [5, 5.41) is 1.63. The summed E-state index contributed by atoms with van der Waals surface area (Å²) >= 11 is 6.33. The van der Waals surface area contributed by atoms with Gasteiger partial charge >= 0.3 is 0 Å². The van der Waals surface area contributed by atoms with Crippen LogP contribution >= 0.6 is 11.6 Å². The lowest BCUT2D eigenvalue weighted by molar-refractivity contribution is -0.117. The van der Waals surface area contributed by atoms with Gasteiger partial charge in [-0.3, -0.25) is 15.0 Å². The lowest BCUT2D eigenvalue weighted by Crippen LogP contribution is -2.35. The van der Waals surface area contributed by atoms with Crippen molar-refractivity contribution in [2.45, 2.75) is 6.61 Å². The van der Waals surface area contributed by atoms with Crippen LogP contribution in [-0.2, 0) is 16.2 Å². The van der Waals surface area contributed by atoms with Gasteiger partial charge in [-0.15, -0.1) is 0 Å². The molecular weight excluding hydrogens is 388 g/mol. The first-order chi connectivity index (χ1) is 14.1. The predicted molar refractivity (Wildman–Crippen MR) is 112 cm³/mol. The SMILES string of the molecule is O=C1NN(c2ccccc2)C(=O)C1=Cc1ccc(OCc2ccccc2)c(Cl)c1. The molecule has 2 amide bonds. The highest BCUT2D eigenvalue weighted by atomic mass is 35.5. The first-order valence-electron chi connectivity index (χ1n) is 9.00. The molecule has 1 saturated heterocycles. The molecule has 0 atom stereocenters. The topological polar surface area (TPSA) is 58.6 Å². The molecule has 3 aromatic rings. The lowest BCUT2D eigenvalue weighted by atomic mass is 10.1. The average molecular weight is 405 g/mol. The maximum atomic E-state index is 12.6.